The summed E-state index contributed by atoms with van der Waals surface area (Å²) in [6.07, 6.45) is 0.876. The summed E-state index contributed by atoms with van der Waals surface area (Å²) in [7, 11) is -7.80. The fourth-order valence-corrected chi connectivity index (χ4v) is 5.23. The highest BCUT2D eigenvalue weighted by Gasteiger charge is 2.27. The minimum atomic E-state index is -3.97. The van der Waals surface area contributed by atoms with Gasteiger partial charge in [-0.15, -0.1) is 4.13 Å². The van der Waals surface area contributed by atoms with E-state index >= 15 is 0 Å². The Kier molecular flexibility index (Phi) is 3.72. The molecule has 0 aromatic heterocycles. The molecule has 22 heavy (non-hydrogen) atoms. The summed E-state index contributed by atoms with van der Waals surface area (Å²) < 4.78 is 53.2. The van der Waals surface area contributed by atoms with Crippen molar-refractivity contribution in [2.75, 3.05) is 12.9 Å². The van der Waals surface area contributed by atoms with Crippen molar-refractivity contribution >= 4 is 30.8 Å². The average Bonchev–Trinajstić information content (AvgIpc) is 3.20. The predicted octanol–water partition coefficient (Wildman–Crippen LogP) is 1.29. The summed E-state index contributed by atoms with van der Waals surface area (Å²) in [5, 5.41) is 1.71. The number of epoxide rings is 1. The maximum Gasteiger partial charge on any atom is 0.228 e. The number of hydrogen-bond acceptors (Lipinski definition) is 5. The lowest BCUT2D eigenvalue weighted by Gasteiger charge is -2.11. The Morgan fingerprint density at radius 3 is 2.32 bits per heavy atom. The second-order valence-corrected chi connectivity index (χ2v) is 9.03. The fourth-order valence-electron chi connectivity index (χ4n) is 2.48. The van der Waals surface area contributed by atoms with Gasteiger partial charge in [0.25, 0.3) is 0 Å². The van der Waals surface area contributed by atoms with E-state index in [4.69, 9.17) is 4.74 Å². The van der Waals surface area contributed by atoms with Crippen molar-refractivity contribution in [2.24, 2.45) is 0 Å². The Balaban J connectivity index is 2.03. The zero-order valence-electron chi connectivity index (χ0n) is 11.8. The molecule has 0 saturated carbocycles. The molecule has 1 atom stereocenters. The summed E-state index contributed by atoms with van der Waals surface area (Å²) in [5.74, 6) is -0.396. The van der Waals surface area contributed by atoms with Crippen LogP contribution in [-0.4, -0.2) is 29.7 Å². The SMILES string of the molecule is CS(=O)(=O)NS(=O)(=O)Cc1ccc(C2CO2)c2ccccc12. The average molecular weight is 341 g/mol. The lowest BCUT2D eigenvalue weighted by Crippen LogP contribution is -2.30. The maximum atomic E-state index is 12.0. The van der Waals surface area contributed by atoms with Crippen LogP contribution < -0.4 is 4.13 Å². The second-order valence-electron chi connectivity index (χ2n) is 5.30. The molecule has 1 heterocycles. The van der Waals surface area contributed by atoms with Gasteiger partial charge in [0, 0.05) is 0 Å². The van der Waals surface area contributed by atoms with Gasteiger partial charge in [-0.2, -0.15) is 0 Å². The number of nitrogens with one attached hydrogen (secondary N) is 1. The van der Waals surface area contributed by atoms with Crippen molar-refractivity contribution in [3.05, 3.63) is 47.5 Å². The molecule has 2 aromatic carbocycles. The smallest absolute Gasteiger partial charge is 0.228 e. The number of ether oxygens (including phenoxy) is 1. The molecule has 0 bridgehead atoms. The van der Waals surface area contributed by atoms with E-state index in [2.05, 4.69) is 0 Å². The lowest BCUT2D eigenvalue weighted by molar-refractivity contribution is 0.417. The second kappa shape index (κ2) is 5.31. The number of hydrogen-bond donors (Lipinski definition) is 1. The molecule has 1 aliphatic rings. The summed E-state index contributed by atoms with van der Waals surface area (Å²) >= 11 is 0. The first-order valence-corrected chi connectivity index (χ1v) is 10.1. The number of fused-ring (bicyclic) bond motifs is 1. The maximum absolute atomic E-state index is 12.0. The van der Waals surface area contributed by atoms with Gasteiger partial charge in [-0.3, -0.25) is 0 Å². The van der Waals surface area contributed by atoms with E-state index in [0.717, 1.165) is 22.6 Å². The van der Waals surface area contributed by atoms with Crippen molar-refractivity contribution in [3.8, 4) is 0 Å². The van der Waals surface area contributed by atoms with Gasteiger partial charge in [-0.05, 0) is 21.9 Å². The van der Waals surface area contributed by atoms with E-state index in [1.807, 2.05) is 30.3 Å². The first-order valence-electron chi connectivity index (χ1n) is 6.58. The van der Waals surface area contributed by atoms with Crippen molar-refractivity contribution in [1.82, 2.24) is 4.13 Å². The largest absolute Gasteiger partial charge is 0.368 e. The van der Waals surface area contributed by atoms with Crippen molar-refractivity contribution in [1.29, 1.82) is 0 Å². The lowest BCUT2D eigenvalue weighted by atomic mass is 9.99. The minimum Gasteiger partial charge on any atom is -0.368 e. The van der Waals surface area contributed by atoms with E-state index in [0.29, 0.717) is 12.2 Å². The van der Waals surface area contributed by atoms with Crippen LogP contribution in [0, 0.1) is 0 Å². The van der Waals surface area contributed by atoms with Gasteiger partial charge in [0.2, 0.25) is 20.0 Å². The molecule has 3 rings (SSSR count). The van der Waals surface area contributed by atoms with Crippen LogP contribution in [0.5, 0.6) is 0 Å². The van der Waals surface area contributed by atoms with Crippen LogP contribution in [0.25, 0.3) is 10.8 Å². The number of rotatable bonds is 5. The Morgan fingerprint density at radius 2 is 1.73 bits per heavy atom. The van der Waals surface area contributed by atoms with Crippen LogP contribution in [-0.2, 0) is 30.5 Å². The molecule has 1 saturated heterocycles. The third-order valence-electron chi connectivity index (χ3n) is 3.35. The van der Waals surface area contributed by atoms with Crippen LogP contribution >= 0.6 is 0 Å². The third-order valence-corrected chi connectivity index (χ3v) is 6.27. The Morgan fingerprint density at radius 1 is 1.09 bits per heavy atom. The molecule has 1 unspecified atom stereocenters. The highest BCUT2D eigenvalue weighted by Crippen LogP contribution is 2.36. The van der Waals surface area contributed by atoms with Crippen LogP contribution in [0.4, 0.5) is 0 Å². The van der Waals surface area contributed by atoms with Gasteiger partial charge >= 0.3 is 0 Å². The molecule has 118 valence electrons. The van der Waals surface area contributed by atoms with Gasteiger partial charge in [0.15, 0.2) is 0 Å². The molecule has 0 aliphatic carbocycles. The molecule has 1 aliphatic heterocycles. The predicted molar refractivity (Wildman–Crippen MR) is 83.2 cm³/mol. The van der Waals surface area contributed by atoms with Gasteiger partial charge in [-0.25, -0.2) is 16.8 Å². The molecule has 0 radical (unpaired) electrons. The Hall–Kier alpha value is -1.48. The summed E-state index contributed by atoms with van der Waals surface area (Å²) in [6, 6.07) is 11.0. The number of sulfonamides is 2. The van der Waals surface area contributed by atoms with Gasteiger partial charge < -0.3 is 4.74 Å². The highest BCUT2D eigenvalue weighted by atomic mass is 32.3. The Labute approximate surface area is 129 Å². The van der Waals surface area contributed by atoms with Crippen molar-refractivity contribution < 1.29 is 21.6 Å². The molecule has 1 fully saturated rings. The molecule has 1 N–H and O–H groups in total. The Bertz CT molecular complexity index is 931. The topological polar surface area (TPSA) is 92.8 Å². The van der Waals surface area contributed by atoms with E-state index in [9.17, 15) is 16.8 Å². The van der Waals surface area contributed by atoms with Crippen LogP contribution in [0.3, 0.4) is 0 Å². The van der Waals surface area contributed by atoms with Crippen LogP contribution in [0.1, 0.15) is 17.2 Å². The van der Waals surface area contributed by atoms with E-state index in [1.165, 1.54) is 0 Å². The normalized spacial score (nSPS) is 18.5. The van der Waals surface area contributed by atoms with E-state index in [-0.39, 0.29) is 6.10 Å². The van der Waals surface area contributed by atoms with Crippen LogP contribution in [0.15, 0.2) is 36.4 Å². The van der Waals surface area contributed by atoms with E-state index in [1.54, 1.807) is 10.2 Å². The minimum absolute atomic E-state index is 0.0599. The third kappa shape index (κ3) is 3.46. The highest BCUT2D eigenvalue weighted by molar-refractivity contribution is 8.04. The first kappa shape index (κ1) is 15.4. The molecule has 2 aromatic rings. The molecule has 0 spiro atoms. The quantitative estimate of drug-likeness (QED) is 0.827. The van der Waals surface area contributed by atoms with Crippen molar-refractivity contribution in [3.63, 3.8) is 0 Å². The van der Waals surface area contributed by atoms with Gasteiger partial charge in [0.05, 0.1) is 18.6 Å². The molecule has 8 heteroatoms. The molecular formula is C14H15NO5S2. The van der Waals surface area contributed by atoms with Gasteiger partial charge in [0.1, 0.15) is 6.10 Å². The first-order chi connectivity index (χ1) is 10.3. The fraction of sp³-hybridized carbons (Fsp3) is 0.286. The monoisotopic (exact) mass is 341 g/mol. The molecule has 6 nitrogen and oxygen atoms in total. The van der Waals surface area contributed by atoms with Gasteiger partial charge in [-0.1, -0.05) is 36.4 Å². The summed E-state index contributed by atoms with van der Waals surface area (Å²) in [4.78, 5) is 0. The van der Waals surface area contributed by atoms with E-state index < -0.39 is 25.8 Å². The number of benzene rings is 2. The summed E-state index contributed by atoms with van der Waals surface area (Å²) in [5.41, 5.74) is 1.57. The molecule has 0 amide bonds. The van der Waals surface area contributed by atoms with Crippen molar-refractivity contribution in [2.45, 2.75) is 11.9 Å². The molecular weight excluding hydrogens is 326 g/mol. The van der Waals surface area contributed by atoms with Crippen LogP contribution in [0.2, 0.25) is 0 Å². The zero-order valence-corrected chi connectivity index (χ0v) is 13.4. The zero-order chi connectivity index (χ0) is 16.0. The summed E-state index contributed by atoms with van der Waals surface area (Å²) in [6.45, 7) is 0.664. The standard InChI is InChI=1S/C14H15NO5S2/c1-21(16,17)15-22(18,19)9-10-6-7-13(14-8-20-14)12-5-3-2-4-11(10)12/h2-7,14-15H,8-9H2,1H3.